The van der Waals surface area contributed by atoms with Crippen LogP contribution in [0.25, 0.3) is 0 Å². The van der Waals surface area contributed by atoms with Gasteiger partial charge in [-0.15, -0.1) is 0 Å². The van der Waals surface area contributed by atoms with E-state index in [1.807, 2.05) is 67.6 Å². The van der Waals surface area contributed by atoms with Crippen LogP contribution >= 0.6 is 0 Å². The van der Waals surface area contributed by atoms with E-state index in [2.05, 4.69) is 20.6 Å². The fourth-order valence-corrected chi connectivity index (χ4v) is 2.82. The number of carbonyl (C=O) groups is 2. The van der Waals surface area contributed by atoms with Crippen LogP contribution in [0.1, 0.15) is 51.5 Å². The van der Waals surface area contributed by atoms with Crippen LogP contribution in [0.2, 0.25) is 0 Å². The summed E-state index contributed by atoms with van der Waals surface area (Å²) in [6.45, 7) is 2.50. The van der Waals surface area contributed by atoms with Gasteiger partial charge in [0, 0.05) is 6.54 Å². The molecule has 0 spiro atoms. The maximum atomic E-state index is 12.9. The Bertz CT molecular complexity index is 851. The number of aromatic amines is 1. The van der Waals surface area contributed by atoms with E-state index in [-0.39, 0.29) is 23.3 Å². The van der Waals surface area contributed by atoms with Gasteiger partial charge in [0.1, 0.15) is 5.69 Å². The average Bonchev–Trinajstić information content (AvgIpc) is 3.21. The summed E-state index contributed by atoms with van der Waals surface area (Å²) in [5.41, 5.74) is 2.15. The van der Waals surface area contributed by atoms with Crippen molar-refractivity contribution in [3.63, 3.8) is 0 Å². The van der Waals surface area contributed by atoms with Crippen molar-refractivity contribution in [2.75, 3.05) is 6.54 Å². The van der Waals surface area contributed by atoms with Gasteiger partial charge in [-0.1, -0.05) is 67.6 Å². The Hall–Kier alpha value is -3.41. The number of nitrogens with one attached hydrogen (secondary N) is 3. The minimum absolute atomic E-state index is 0.0838. The number of nitrogens with zero attached hydrogens (tertiary/aromatic N) is 1. The third-order valence-corrected chi connectivity index (χ3v) is 4.16. The Morgan fingerprint density at radius 3 is 2.11 bits per heavy atom. The first-order chi connectivity index (χ1) is 13.2. The van der Waals surface area contributed by atoms with Crippen molar-refractivity contribution in [2.24, 2.45) is 0 Å². The smallest absolute Gasteiger partial charge is 0.273 e. The number of aromatic nitrogens is 2. The molecule has 2 aromatic carbocycles. The Morgan fingerprint density at radius 1 is 0.963 bits per heavy atom. The molecular weight excluding hydrogens is 340 g/mol. The molecule has 0 fully saturated rings. The Kier molecular flexibility index (Phi) is 5.99. The van der Waals surface area contributed by atoms with Gasteiger partial charge in [0.15, 0.2) is 5.69 Å². The van der Waals surface area contributed by atoms with Crippen LogP contribution in [0, 0.1) is 0 Å². The molecule has 6 heteroatoms. The fourth-order valence-electron chi connectivity index (χ4n) is 2.82. The number of carbonyl (C=O) groups excluding carboxylic acids is 2. The average molecular weight is 362 g/mol. The van der Waals surface area contributed by atoms with Gasteiger partial charge in [-0.2, -0.15) is 0 Å². The summed E-state index contributed by atoms with van der Waals surface area (Å²) in [6, 6.07) is 19.0. The van der Waals surface area contributed by atoms with E-state index in [9.17, 15) is 9.59 Å². The summed E-state index contributed by atoms with van der Waals surface area (Å²) in [5, 5.41) is 5.76. The lowest BCUT2D eigenvalue weighted by Gasteiger charge is -2.19. The molecular formula is C21H22N4O2. The molecule has 0 aliphatic heterocycles. The summed E-state index contributed by atoms with van der Waals surface area (Å²) in [5.74, 6) is -0.744. The van der Waals surface area contributed by atoms with Crippen molar-refractivity contribution >= 4 is 11.8 Å². The minimum Gasteiger partial charge on any atom is -0.351 e. The Balaban J connectivity index is 1.86. The zero-order chi connectivity index (χ0) is 19.1. The predicted molar refractivity (Wildman–Crippen MR) is 103 cm³/mol. The van der Waals surface area contributed by atoms with Crippen molar-refractivity contribution in [1.29, 1.82) is 0 Å². The number of hydrogen-bond acceptors (Lipinski definition) is 3. The number of hydrogen-bond donors (Lipinski definition) is 3. The Morgan fingerprint density at radius 2 is 1.56 bits per heavy atom. The van der Waals surface area contributed by atoms with Gasteiger partial charge < -0.3 is 15.6 Å². The maximum absolute atomic E-state index is 12.9. The van der Waals surface area contributed by atoms with Crippen LogP contribution in [-0.4, -0.2) is 28.3 Å². The quantitative estimate of drug-likeness (QED) is 0.604. The third-order valence-electron chi connectivity index (χ3n) is 4.16. The van der Waals surface area contributed by atoms with Gasteiger partial charge in [0.05, 0.1) is 12.4 Å². The summed E-state index contributed by atoms with van der Waals surface area (Å²) in [4.78, 5) is 32.0. The predicted octanol–water partition coefficient (Wildman–Crippen LogP) is 3.07. The molecule has 3 rings (SSSR count). The monoisotopic (exact) mass is 362 g/mol. The highest BCUT2D eigenvalue weighted by atomic mass is 16.2. The first-order valence-corrected chi connectivity index (χ1v) is 8.93. The highest BCUT2D eigenvalue weighted by molar-refractivity contribution is 6.04. The second kappa shape index (κ2) is 8.80. The second-order valence-electron chi connectivity index (χ2n) is 6.11. The van der Waals surface area contributed by atoms with E-state index in [1.54, 1.807) is 0 Å². The SMILES string of the molecule is CCCNC(=O)c1[nH]cnc1C(=O)NC(c1ccccc1)c1ccccc1. The lowest BCUT2D eigenvalue weighted by molar-refractivity contribution is 0.0908. The molecule has 0 unspecified atom stereocenters. The minimum atomic E-state index is -0.407. The van der Waals surface area contributed by atoms with Crippen molar-refractivity contribution in [1.82, 2.24) is 20.6 Å². The molecule has 0 aliphatic rings. The lowest BCUT2D eigenvalue weighted by atomic mass is 9.98. The summed E-state index contributed by atoms with van der Waals surface area (Å²) in [6.07, 6.45) is 2.17. The van der Waals surface area contributed by atoms with Crippen LogP contribution < -0.4 is 10.6 Å². The third kappa shape index (κ3) is 4.41. The summed E-state index contributed by atoms with van der Waals surface area (Å²) in [7, 11) is 0. The first kappa shape index (κ1) is 18.4. The molecule has 1 aromatic heterocycles. The van der Waals surface area contributed by atoms with Crippen molar-refractivity contribution in [3.8, 4) is 0 Å². The molecule has 0 bridgehead atoms. The lowest BCUT2D eigenvalue weighted by Crippen LogP contribution is -2.32. The van der Waals surface area contributed by atoms with Crippen LogP contribution in [-0.2, 0) is 0 Å². The van der Waals surface area contributed by atoms with Gasteiger partial charge in [0.2, 0.25) is 0 Å². The van der Waals surface area contributed by atoms with Gasteiger partial charge in [-0.05, 0) is 17.5 Å². The number of rotatable bonds is 7. The van der Waals surface area contributed by atoms with E-state index < -0.39 is 5.91 Å². The molecule has 0 atom stereocenters. The molecule has 0 saturated heterocycles. The van der Waals surface area contributed by atoms with Crippen LogP contribution in [0.5, 0.6) is 0 Å². The zero-order valence-electron chi connectivity index (χ0n) is 15.1. The van der Waals surface area contributed by atoms with Crippen molar-refractivity contribution in [2.45, 2.75) is 19.4 Å². The first-order valence-electron chi connectivity index (χ1n) is 8.93. The zero-order valence-corrected chi connectivity index (χ0v) is 15.1. The van der Waals surface area contributed by atoms with Gasteiger partial charge in [-0.25, -0.2) is 4.98 Å². The molecule has 3 N–H and O–H groups in total. The van der Waals surface area contributed by atoms with E-state index in [0.717, 1.165) is 17.5 Å². The molecule has 3 aromatic rings. The largest absolute Gasteiger partial charge is 0.351 e. The molecule has 1 heterocycles. The fraction of sp³-hybridized carbons (Fsp3) is 0.190. The molecule has 0 saturated carbocycles. The van der Waals surface area contributed by atoms with E-state index >= 15 is 0 Å². The topological polar surface area (TPSA) is 86.9 Å². The van der Waals surface area contributed by atoms with E-state index in [0.29, 0.717) is 6.54 Å². The van der Waals surface area contributed by atoms with Gasteiger partial charge >= 0.3 is 0 Å². The van der Waals surface area contributed by atoms with Gasteiger partial charge in [-0.3, -0.25) is 9.59 Å². The number of benzene rings is 2. The molecule has 6 nitrogen and oxygen atoms in total. The summed E-state index contributed by atoms with van der Waals surface area (Å²) >= 11 is 0. The van der Waals surface area contributed by atoms with E-state index in [1.165, 1.54) is 6.33 Å². The highest BCUT2D eigenvalue weighted by Crippen LogP contribution is 2.22. The molecule has 27 heavy (non-hydrogen) atoms. The van der Waals surface area contributed by atoms with Gasteiger partial charge in [0.25, 0.3) is 11.8 Å². The van der Waals surface area contributed by atoms with Crippen molar-refractivity contribution < 1.29 is 9.59 Å². The molecule has 138 valence electrons. The maximum Gasteiger partial charge on any atom is 0.273 e. The highest BCUT2D eigenvalue weighted by Gasteiger charge is 2.23. The number of H-pyrrole nitrogens is 1. The van der Waals surface area contributed by atoms with Crippen LogP contribution in [0.15, 0.2) is 67.0 Å². The molecule has 0 aliphatic carbocycles. The number of amides is 2. The summed E-state index contributed by atoms with van der Waals surface area (Å²) < 4.78 is 0. The van der Waals surface area contributed by atoms with E-state index in [4.69, 9.17) is 0 Å². The number of imidazole rings is 1. The standard InChI is InChI=1S/C21H22N4O2/c1-2-13-22-20(26)18-19(24-14-23-18)21(27)25-17(15-9-5-3-6-10-15)16-11-7-4-8-12-16/h3-12,14,17H,2,13H2,1H3,(H,22,26)(H,23,24)(H,25,27). The van der Waals surface area contributed by atoms with Crippen LogP contribution in [0.3, 0.4) is 0 Å². The molecule has 0 radical (unpaired) electrons. The van der Waals surface area contributed by atoms with Crippen LogP contribution in [0.4, 0.5) is 0 Å². The molecule has 2 amide bonds. The second-order valence-corrected chi connectivity index (χ2v) is 6.11. The van der Waals surface area contributed by atoms with Crippen molar-refractivity contribution in [3.05, 3.63) is 89.5 Å². The normalized spacial score (nSPS) is 10.6. The Labute approximate surface area is 158 Å².